The molecule has 0 spiro atoms. The third kappa shape index (κ3) is 2.43. The summed E-state index contributed by atoms with van der Waals surface area (Å²) in [6.45, 7) is 3.52. The number of thioether (sulfide) groups is 1. The van der Waals surface area contributed by atoms with E-state index in [1.54, 1.807) is 6.08 Å². The molecule has 64 valence electrons. The van der Waals surface area contributed by atoms with Crippen LogP contribution in [0.5, 0.6) is 5.88 Å². The average molecular weight is 184 g/mol. The molecule has 0 unspecified atom stereocenters. The fourth-order valence-electron chi connectivity index (χ4n) is 0.629. The first kappa shape index (κ1) is 8.86. The van der Waals surface area contributed by atoms with Crippen LogP contribution in [-0.2, 0) is 0 Å². The summed E-state index contributed by atoms with van der Waals surface area (Å²) in [6, 6.07) is 1.03. The van der Waals surface area contributed by atoms with E-state index in [-0.39, 0.29) is 11.4 Å². The van der Waals surface area contributed by atoms with Crippen molar-refractivity contribution < 1.29 is 5.11 Å². The molecule has 1 rings (SSSR count). The number of hydrogen-bond donors (Lipinski definition) is 2. The van der Waals surface area contributed by atoms with Gasteiger partial charge in [0.15, 0.2) is 5.16 Å². The predicted molar refractivity (Wildman–Crippen MR) is 47.4 cm³/mol. The van der Waals surface area contributed by atoms with Gasteiger partial charge in [0.1, 0.15) is 0 Å². The lowest BCUT2D eigenvalue weighted by Gasteiger charge is -1.96. The normalized spacial score (nSPS) is 9.67. The van der Waals surface area contributed by atoms with Crippen molar-refractivity contribution >= 4 is 11.8 Å². The molecule has 0 aliphatic rings. The Labute approximate surface area is 73.4 Å². The first-order valence-corrected chi connectivity index (χ1v) is 4.25. The monoisotopic (exact) mass is 184 g/mol. The van der Waals surface area contributed by atoms with Gasteiger partial charge >= 0.3 is 0 Å². The number of rotatable bonds is 3. The van der Waals surface area contributed by atoms with Crippen molar-refractivity contribution in [2.45, 2.75) is 5.16 Å². The minimum Gasteiger partial charge on any atom is -0.493 e. The molecule has 0 atom stereocenters. The zero-order valence-electron chi connectivity index (χ0n) is 6.28. The molecule has 5 heteroatoms. The van der Waals surface area contributed by atoms with Crippen LogP contribution in [0.15, 0.2) is 28.7 Å². The van der Waals surface area contributed by atoms with E-state index in [1.807, 2.05) is 0 Å². The molecule has 4 nitrogen and oxygen atoms in total. The van der Waals surface area contributed by atoms with Crippen LogP contribution in [0.25, 0.3) is 0 Å². The molecule has 1 aromatic heterocycles. The Morgan fingerprint density at radius 3 is 3.17 bits per heavy atom. The van der Waals surface area contributed by atoms with E-state index in [9.17, 15) is 4.79 Å². The Balaban J connectivity index is 2.85. The molecule has 0 radical (unpaired) electrons. The van der Waals surface area contributed by atoms with E-state index in [4.69, 9.17) is 5.11 Å². The predicted octanol–water partition coefficient (Wildman–Crippen LogP) is 0.754. The van der Waals surface area contributed by atoms with Crippen LogP contribution in [-0.4, -0.2) is 20.8 Å². The smallest absolute Gasteiger partial charge is 0.255 e. The van der Waals surface area contributed by atoms with Gasteiger partial charge in [-0.1, -0.05) is 17.8 Å². The molecule has 1 heterocycles. The van der Waals surface area contributed by atoms with Crippen LogP contribution in [0.3, 0.4) is 0 Å². The number of aromatic nitrogens is 2. The van der Waals surface area contributed by atoms with Gasteiger partial charge in [-0.15, -0.1) is 6.58 Å². The second-order valence-corrected chi connectivity index (χ2v) is 3.02. The van der Waals surface area contributed by atoms with Crippen molar-refractivity contribution in [3.63, 3.8) is 0 Å². The quantitative estimate of drug-likeness (QED) is 0.413. The third-order valence-corrected chi connectivity index (χ3v) is 1.91. The highest BCUT2D eigenvalue weighted by atomic mass is 32.2. The topological polar surface area (TPSA) is 66.0 Å². The first-order valence-electron chi connectivity index (χ1n) is 3.26. The molecule has 0 bridgehead atoms. The van der Waals surface area contributed by atoms with E-state index < -0.39 is 0 Å². The standard InChI is InChI=1S/C7H8N2O2S/c1-2-3-12-7-8-5(10)4-6(11)9-7/h2,4H,1,3H2,(H2,8,9,10,11). The Morgan fingerprint density at radius 2 is 2.58 bits per heavy atom. The van der Waals surface area contributed by atoms with Gasteiger partial charge in [0.05, 0.1) is 6.07 Å². The SMILES string of the molecule is C=CCSc1nc(O)cc(=O)[nH]1. The zero-order chi connectivity index (χ0) is 8.97. The number of nitrogens with zero attached hydrogens (tertiary/aromatic N) is 1. The van der Waals surface area contributed by atoms with E-state index in [0.29, 0.717) is 10.9 Å². The van der Waals surface area contributed by atoms with Gasteiger partial charge in [0.25, 0.3) is 5.56 Å². The maximum absolute atomic E-state index is 10.8. The van der Waals surface area contributed by atoms with Crippen molar-refractivity contribution in [1.29, 1.82) is 0 Å². The highest BCUT2D eigenvalue weighted by Gasteiger charge is 1.98. The molecule has 2 N–H and O–H groups in total. The van der Waals surface area contributed by atoms with Gasteiger partial charge in [-0.3, -0.25) is 4.79 Å². The molecule has 0 aliphatic heterocycles. The largest absolute Gasteiger partial charge is 0.493 e. The van der Waals surface area contributed by atoms with Gasteiger partial charge in [-0.2, -0.15) is 4.98 Å². The van der Waals surface area contributed by atoms with E-state index in [0.717, 1.165) is 6.07 Å². The molecule has 0 saturated carbocycles. The first-order chi connectivity index (χ1) is 5.72. The Bertz CT molecular complexity index is 334. The summed E-state index contributed by atoms with van der Waals surface area (Å²) < 4.78 is 0. The maximum atomic E-state index is 10.8. The molecule has 0 aromatic carbocycles. The van der Waals surface area contributed by atoms with Crippen LogP contribution < -0.4 is 5.56 Å². The molecule has 0 fully saturated rings. The van der Waals surface area contributed by atoms with Crippen LogP contribution >= 0.6 is 11.8 Å². The fraction of sp³-hybridized carbons (Fsp3) is 0.143. The van der Waals surface area contributed by atoms with E-state index in [2.05, 4.69) is 16.5 Å². The zero-order valence-corrected chi connectivity index (χ0v) is 7.10. The van der Waals surface area contributed by atoms with Crippen molar-refractivity contribution in [3.8, 4) is 5.88 Å². The summed E-state index contributed by atoms with van der Waals surface area (Å²) in [5, 5.41) is 9.33. The third-order valence-electron chi connectivity index (χ3n) is 1.04. The molecular weight excluding hydrogens is 176 g/mol. The summed E-state index contributed by atoms with van der Waals surface area (Å²) in [5.41, 5.74) is -0.353. The molecule has 0 aliphatic carbocycles. The number of nitrogens with one attached hydrogen (secondary N) is 1. The van der Waals surface area contributed by atoms with Crippen LogP contribution in [0, 0.1) is 0 Å². The second-order valence-electron chi connectivity index (χ2n) is 2.01. The molecule has 12 heavy (non-hydrogen) atoms. The van der Waals surface area contributed by atoms with Gasteiger partial charge in [0.2, 0.25) is 5.88 Å². The average Bonchev–Trinajstić information content (AvgIpc) is 1.99. The van der Waals surface area contributed by atoms with E-state index in [1.165, 1.54) is 11.8 Å². The van der Waals surface area contributed by atoms with Crippen molar-refractivity contribution in [2.75, 3.05) is 5.75 Å². The van der Waals surface area contributed by atoms with Gasteiger partial charge < -0.3 is 10.1 Å². The number of hydrogen-bond acceptors (Lipinski definition) is 4. The Hall–Kier alpha value is -1.23. The lowest BCUT2D eigenvalue weighted by Crippen LogP contribution is -2.05. The maximum Gasteiger partial charge on any atom is 0.255 e. The number of aromatic amines is 1. The summed E-state index contributed by atoms with van der Waals surface area (Å²) >= 11 is 1.30. The van der Waals surface area contributed by atoms with Crippen LogP contribution in [0.4, 0.5) is 0 Å². The minimum absolute atomic E-state index is 0.259. The molecule has 0 saturated heterocycles. The van der Waals surface area contributed by atoms with Crippen molar-refractivity contribution in [3.05, 3.63) is 29.1 Å². The van der Waals surface area contributed by atoms with Crippen molar-refractivity contribution in [1.82, 2.24) is 9.97 Å². The summed E-state index contributed by atoms with van der Waals surface area (Å²) in [4.78, 5) is 16.9. The van der Waals surface area contributed by atoms with Gasteiger partial charge in [-0.05, 0) is 0 Å². The van der Waals surface area contributed by atoms with Gasteiger partial charge in [-0.25, -0.2) is 0 Å². The minimum atomic E-state index is -0.353. The highest BCUT2D eigenvalue weighted by molar-refractivity contribution is 7.99. The number of aromatic hydroxyl groups is 1. The Kier molecular flexibility index (Phi) is 2.93. The molecule has 1 aromatic rings. The second kappa shape index (κ2) is 3.96. The van der Waals surface area contributed by atoms with E-state index >= 15 is 0 Å². The number of H-pyrrole nitrogens is 1. The summed E-state index contributed by atoms with van der Waals surface area (Å²) in [5.74, 6) is 0.386. The summed E-state index contributed by atoms with van der Waals surface area (Å²) in [7, 11) is 0. The highest BCUT2D eigenvalue weighted by Crippen LogP contribution is 2.12. The molecular formula is C7H8N2O2S. The Morgan fingerprint density at radius 1 is 1.83 bits per heavy atom. The fourth-order valence-corrected chi connectivity index (χ4v) is 1.24. The van der Waals surface area contributed by atoms with Crippen LogP contribution in [0.1, 0.15) is 0 Å². The summed E-state index contributed by atoms with van der Waals surface area (Å²) in [6.07, 6.45) is 1.69. The molecule has 0 amide bonds. The van der Waals surface area contributed by atoms with Crippen LogP contribution in [0.2, 0.25) is 0 Å². The van der Waals surface area contributed by atoms with Gasteiger partial charge in [0, 0.05) is 5.75 Å². The lowest BCUT2D eigenvalue weighted by molar-refractivity contribution is 0.444. The van der Waals surface area contributed by atoms with Crippen molar-refractivity contribution in [2.24, 2.45) is 0 Å². The lowest BCUT2D eigenvalue weighted by atomic mass is 10.6.